The molecule has 4 heteroatoms. The number of nitrogens with one attached hydrogen (secondary N) is 1. The van der Waals surface area contributed by atoms with Crippen LogP contribution in [0.1, 0.15) is 25.7 Å². The maximum atomic E-state index is 12.0. The number of hydrogen-bond acceptors (Lipinski definition) is 3. The third-order valence-corrected chi connectivity index (χ3v) is 3.63. The molecule has 1 aliphatic carbocycles. The molecule has 2 N–H and O–H groups in total. The van der Waals surface area contributed by atoms with E-state index in [0.29, 0.717) is 12.6 Å². The minimum atomic E-state index is 0.106. The van der Waals surface area contributed by atoms with E-state index in [-0.39, 0.29) is 11.7 Å². The molecule has 0 unspecified atom stereocenters. The SMILES string of the molecule is O=C1CNc2ccc(O)cc2N1C1CCCC1. The minimum absolute atomic E-state index is 0.106. The standard InChI is InChI=1S/C13H16N2O2/c16-10-5-6-11-12(7-10)15(13(17)8-14-11)9-3-1-2-4-9/h5-7,9,14,16H,1-4,8H2. The van der Waals surface area contributed by atoms with Crippen molar-refractivity contribution in [2.45, 2.75) is 31.7 Å². The van der Waals surface area contributed by atoms with Gasteiger partial charge in [-0.05, 0) is 25.0 Å². The molecule has 0 bridgehead atoms. The van der Waals surface area contributed by atoms with Crippen LogP contribution in [0.4, 0.5) is 11.4 Å². The highest BCUT2D eigenvalue weighted by molar-refractivity contribution is 6.03. The van der Waals surface area contributed by atoms with E-state index in [1.54, 1.807) is 12.1 Å². The number of carbonyl (C=O) groups is 1. The first-order valence-corrected chi connectivity index (χ1v) is 6.14. The molecular weight excluding hydrogens is 216 g/mol. The van der Waals surface area contributed by atoms with Gasteiger partial charge in [0.25, 0.3) is 0 Å². The molecule has 17 heavy (non-hydrogen) atoms. The summed E-state index contributed by atoms with van der Waals surface area (Å²) >= 11 is 0. The molecule has 1 aliphatic heterocycles. The zero-order chi connectivity index (χ0) is 11.8. The Bertz CT molecular complexity index is 453. The van der Waals surface area contributed by atoms with Crippen LogP contribution in [0.2, 0.25) is 0 Å². The summed E-state index contributed by atoms with van der Waals surface area (Å²) in [4.78, 5) is 13.9. The summed E-state index contributed by atoms with van der Waals surface area (Å²) in [5.41, 5.74) is 1.77. The predicted molar refractivity (Wildman–Crippen MR) is 66.3 cm³/mol. The van der Waals surface area contributed by atoms with Crippen molar-refractivity contribution in [3.05, 3.63) is 18.2 Å². The van der Waals surface area contributed by atoms with E-state index in [9.17, 15) is 9.90 Å². The van der Waals surface area contributed by atoms with Gasteiger partial charge >= 0.3 is 0 Å². The van der Waals surface area contributed by atoms with E-state index in [1.807, 2.05) is 11.0 Å². The van der Waals surface area contributed by atoms with Crippen molar-refractivity contribution in [1.82, 2.24) is 0 Å². The van der Waals surface area contributed by atoms with Crippen LogP contribution in [0.25, 0.3) is 0 Å². The quantitative estimate of drug-likeness (QED) is 0.729. The maximum Gasteiger partial charge on any atom is 0.246 e. The number of aromatic hydroxyl groups is 1. The third-order valence-electron chi connectivity index (χ3n) is 3.63. The zero-order valence-electron chi connectivity index (χ0n) is 9.65. The Morgan fingerprint density at radius 1 is 1.29 bits per heavy atom. The number of rotatable bonds is 1. The van der Waals surface area contributed by atoms with Gasteiger partial charge in [-0.3, -0.25) is 4.79 Å². The smallest absolute Gasteiger partial charge is 0.246 e. The molecule has 1 heterocycles. The van der Waals surface area contributed by atoms with Crippen LogP contribution in [0.5, 0.6) is 5.75 Å². The lowest BCUT2D eigenvalue weighted by Gasteiger charge is -2.34. The van der Waals surface area contributed by atoms with Crippen LogP contribution in [0.3, 0.4) is 0 Å². The molecule has 0 radical (unpaired) electrons. The summed E-state index contributed by atoms with van der Waals surface area (Å²) < 4.78 is 0. The second kappa shape index (κ2) is 3.95. The van der Waals surface area contributed by atoms with Gasteiger partial charge in [0.2, 0.25) is 5.91 Å². The number of carbonyl (C=O) groups excluding carboxylic acids is 1. The molecular formula is C13H16N2O2. The number of hydrogen-bond donors (Lipinski definition) is 2. The summed E-state index contributed by atoms with van der Waals surface area (Å²) in [5.74, 6) is 0.318. The Labute approximate surface area is 100 Å². The first-order chi connectivity index (χ1) is 8.25. The van der Waals surface area contributed by atoms with Crippen molar-refractivity contribution in [3.8, 4) is 5.75 Å². The molecule has 0 saturated heterocycles. The minimum Gasteiger partial charge on any atom is -0.508 e. The molecule has 2 aliphatic rings. The average molecular weight is 232 g/mol. The highest BCUT2D eigenvalue weighted by Gasteiger charge is 2.32. The zero-order valence-corrected chi connectivity index (χ0v) is 9.65. The average Bonchev–Trinajstić information content (AvgIpc) is 2.82. The molecule has 0 spiro atoms. The fraction of sp³-hybridized carbons (Fsp3) is 0.462. The van der Waals surface area contributed by atoms with E-state index in [0.717, 1.165) is 24.2 Å². The number of fused-ring (bicyclic) bond motifs is 1. The van der Waals surface area contributed by atoms with Crippen molar-refractivity contribution < 1.29 is 9.90 Å². The van der Waals surface area contributed by atoms with Crippen molar-refractivity contribution in [2.75, 3.05) is 16.8 Å². The van der Waals surface area contributed by atoms with E-state index in [1.165, 1.54) is 12.8 Å². The van der Waals surface area contributed by atoms with Gasteiger partial charge in [0.15, 0.2) is 0 Å². The highest BCUT2D eigenvalue weighted by atomic mass is 16.3. The van der Waals surface area contributed by atoms with Gasteiger partial charge in [0, 0.05) is 12.1 Å². The molecule has 1 aromatic carbocycles. The molecule has 4 nitrogen and oxygen atoms in total. The third kappa shape index (κ3) is 1.73. The Balaban J connectivity index is 2.02. The fourth-order valence-corrected chi connectivity index (χ4v) is 2.82. The topological polar surface area (TPSA) is 52.6 Å². The monoisotopic (exact) mass is 232 g/mol. The van der Waals surface area contributed by atoms with Crippen LogP contribution < -0.4 is 10.2 Å². The summed E-state index contributed by atoms with van der Waals surface area (Å²) in [5, 5.41) is 12.7. The molecule has 1 amide bonds. The number of benzene rings is 1. The number of nitrogens with zero attached hydrogens (tertiary/aromatic N) is 1. The van der Waals surface area contributed by atoms with E-state index in [2.05, 4.69) is 5.32 Å². The number of amides is 1. The van der Waals surface area contributed by atoms with E-state index in [4.69, 9.17) is 0 Å². The van der Waals surface area contributed by atoms with Gasteiger partial charge in [0.05, 0.1) is 17.9 Å². The first-order valence-electron chi connectivity index (χ1n) is 6.14. The summed E-state index contributed by atoms with van der Waals surface area (Å²) in [6.07, 6.45) is 4.52. The van der Waals surface area contributed by atoms with Crippen molar-refractivity contribution in [2.24, 2.45) is 0 Å². The summed E-state index contributed by atoms with van der Waals surface area (Å²) in [6, 6.07) is 5.47. The molecule has 0 atom stereocenters. The Morgan fingerprint density at radius 3 is 2.82 bits per heavy atom. The Morgan fingerprint density at radius 2 is 2.06 bits per heavy atom. The molecule has 90 valence electrons. The van der Waals surface area contributed by atoms with Gasteiger partial charge in [0.1, 0.15) is 5.75 Å². The Kier molecular flexibility index (Phi) is 2.42. The molecule has 1 aromatic rings. The summed E-state index contributed by atoms with van der Waals surface area (Å²) in [6.45, 7) is 0.355. The number of phenolic OH excluding ortho intramolecular Hbond substituents is 1. The maximum absolute atomic E-state index is 12.0. The largest absolute Gasteiger partial charge is 0.508 e. The van der Waals surface area contributed by atoms with Crippen LogP contribution >= 0.6 is 0 Å². The molecule has 3 rings (SSSR count). The van der Waals surface area contributed by atoms with Crippen LogP contribution in [-0.2, 0) is 4.79 Å². The van der Waals surface area contributed by atoms with Gasteiger partial charge in [-0.25, -0.2) is 0 Å². The van der Waals surface area contributed by atoms with Crippen LogP contribution in [0.15, 0.2) is 18.2 Å². The van der Waals surface area contributed by atoms with Gasteiger partial charge in [-0.1, -0.05) is 12.8 Å². The van der Waals surface area contributed by atoms with Gasteiger partial charge < -0.3 is 15.3 Å². The number of phenols is 1. The number of anilines is 2. The normalized spacial score (nSPS) is 20.2. The van der Waals surface area contributed by atoms with Crippen molar-refractivity contribution in [3.63, 3.8) is 0 Å². The molecule has 1 fully saturated rings. The Hall–Kier alpha value is -1.71. The predicted octanol–water partition coefficient (Wildman–Crippen LogP) is 2.09. The second-order valence-corrected chi connectivity index (χ2v) is 4.76. The fourth-order valence-electron chi connectivity index (χ4n) is 2.82. The van der Waals surface area contributed by atoms with Crippen molar-refractivity contribution >= 4 is 17.3 Å². The molecule has 1 saturated carbocycles. The first kappa shape index (κ1) is 10.4. The second-order valence-electron chi connectivity index (χ2n) is 4.76. The van der Waals surface area contributed by atoms with Gasteiger partial charge in [-0.15, -0.1) is 0 Å². The lowest BCUT2D eigenvalue weighted by molar-refractivity contribution is -0.117. The lowest BCUT2D eigenvalue weighted by Crippen LogP contribution is -2.45. The van der Waals surface area contributed by atoms with E-state index >= 15 is 0 Å². The highest BCUT2D eigenvalue weighted by Crippen LogP contribution is 2.37. The van der Waals surface area contributed by atoms with Crippen LogP contribution in [-0.4, -0.2) is 23.6 Å². The van der Waals surface area contributed by atoms with Crippen molar-refractivity contribution in [1.29, 1.82) is 0 Å². The summed E-state index contributed by atoms with van der Waals surface area (Å²) in [7, 11) is 0. The molecule has 0 aromatic heterocycles. The van der Waals surface area contributed by atoms with E-state index < -0.39 is 0 Å². The lowest BCUT2D eigenvalue weighted by atomic mass is 10.1. The van der Waals surface area contributed by atoms with Crippen LogP contribution in [0, 0.1) is 0 Å². The van der Waals surface area contributed by atoms with Gasteiger partial charge in [-0.2, -0.15) is 0 Å².